The van der Waals surface area contributed by atoms with Gasteiger partial charge in [-0.05, 0) is 89.3 Å². The van der Waals surface area contributed by atoms with E-state index in [1.165, 1.54) is 36.4 Å². The summed E-state index contributed by atoms with van der Waals surface area (Å²) in [5.74, 6) is 0.222. The van der Waals surface area contributed by atoms with Gasteiger partial charge in [-0.2, -0.15) is 25.3 Å². The van der Waals surface area contributed by atoms with E-state index in [9.17, 15) is 38.9 Å². The van der Waals surface area contributed by atoms with E-state index in [-0.39, 0.29) is 32.4 Å². The summed E-state index contributed by atoms with van der Waals surface area (Å²) >= 11 is 0. The molecule has 0 heterocycles. The molecule has 3 rings (SSSR count). The Hall–Kier alpha value is -2.18. The second kappa shape index (κ2) is 12.8. The van der Waals surface area contributed by atoms with Crippen LogP contribution in [0.4, 0.5) is 0 Å². The maximum Gasteiger partial charge on any atom is 0.294 e. The van der Waals surface area contributed by atoms with Crippen LogP contribution in [0, 0.1) is 0 Å². The number of benzene rings is 3. The molecule has 0 saturated heterocycles. The van der Waals surface area contributed by atoms with Crippen LogP contribution >= 0.6 is 7.92 Å². The van der Waals surface area contributed by atoms with Gasteiger partial charge in [-0.15, -0.1) is 7.92 Å². The third-order valence-corrected chi connectivity index (χ3v) is 12.6. The van der Waals surface area contributed by atoms with E-state index < -0.39 is 38.3 Å². The quantitative estimate of drug-likeness (QED) is 0.171. The van der Waals surface area contributed by atoms with Crippen LogP contribution < -0.4 is 0 Å². The topological polar surface area (TPSA) is 163 Å². The Balaban J connectivity index is 1.83. The highest BCUT2D eigenvalue weighted by atomic mass is 32.2. The Bertz CT molecular complexity index is 1420. The lowest BCUT2D eigenvalue weighted by Crippen LogP contribution is -2.11. The van der Waals surface area contributed by atoms with Gasteiger partial charge in [0.05, 0.1) is 14.7 Å². The van der Waals surface area contributed by atoms with Crippen molar-refractivity contribution in [2.45, 2.75) is 53.2 Å². The van der Waals surface area contributed by atoms with E-state index in [2.05, 4.69) is 20.8 Å². The molecule has 9 nitrogen and oxygen atoms in total. The molecule has 3 aromatic rings. The van der Waals surface area contributed by atoms with Crippen LogP contribution in [-0.4, -0.2) is 57.4 Å². The Morgan fingerprint density at radius 3 is 0.850 bits per heavy atom. The van der Waals surface area contributed by atoms with Crippen molar-refractivity contribution in [3.8, 4) is 0 Å². The van der Waals surface area contributed by atoms with Gasteiger partial charge in [-0.3, -0.25) is 13.7 Å². The van der Waals surface area contributed by atoms with E-state index in [0.29, 0.717) is 0 Å². The van der Waals surface area contributed by atoms with Crippen LogP contribution in [0.5, 0.6) is 0 Å². The van der Waals surface area contributed by atoms with Crippen LogP contribution in [0.2, 0.25) is 0 Å². The average Bonchev–Trinajstić information content (AvgIpc) is 2.87. The zero-order chi connectivity index (χ0) is 29.9. The number of hydrogen-bond acceptors (Lipinski definition) is 6. The Morgan fingerprint density at radius 2 is 0.675 bits per heavy atom. The minimum atomic E-state index is -4.29. The van der Waals surface area contributed by atoms with Crippen molar-refractivity contribution in [1.82, 2.24) is 0 Å². The molecule has 3 N–H and O–H groups in total. The first-order valence-corrected chi connectivity index (χ1v) is 18.6. The molecule has 3 atom stereocenters. The summed E-state index contributed by atoms with van der Waals surface area (Å²) in [6.07, 6.45) is 2.42. The van der Waals surface area contributed by atoms with Crippen LogP contribution in [-0.2, 0) is 30.4 Å². The summed E-state index contributed by atoms with van der Waals surface area (Å²) in [5, 5.41) is 0. The molecular weight excluding hydrogens is 595 g/mol. The summed E-state index contributed by atoms with van der Waals surface area (Å²) in [6.45, 7) is 6.15. The van der Waals surface area contributed by atoms with Crippen LogP contribution in [0.15, 0.2) is 87.5 Å². The highest BCUT2D eigenvalue weighted by Gasteiger charge is 2.22. The molecule has 40 heavy (non-hydrogen) atoms. The van der Waals surface area contributed by atoms with Gasteiger partial charge >= 0.3 is 0 Å². The highest BCUT2D eigenvalue weighted by Crippen LogP contribution is 2.47. The Morgan fingerprint density at radius 1 is 0.475 bits per heavy atom. The maximum atomic E-state index is 11.4. The lowest BCUT2D eigenvalue weighted by Gasteiger charge is -2.28. The van der Waals surface area contributed by atoms with E-state index in [4.69, 9.17) is 0 Å². The van der Waals surface area contributed by atoms with Crippen molar-refractivity contribution >= 4 is 38.3 Å². The first kappa shape index (κ1) is 32.3. The van der Waals surface area contributed by atoms with E-state index in [1.54, 1.807) is 36.4 Å². The van der Waals surface area contributed by atoms with Gasteiger partial charge in [-0.1, -0.05) is 57.2 Å². The number of rotatable bonds is 12. The van der Waals surface area contributed by atoms with Gasteiger partial charge in [-0.25, -0.2) is 0 Å². The van der Waals surface area contributed by atoms with Gasteiger partial charge in [0.1, 0.15) is 0 Å². The molecule has 13 heteroatoms. The predicted octanol–water partition coefficient (Wildman–Crippen LogP) is 5.62. The van der Waals surface area contributed by atoms with Gasteiger partial charge < -0.3 is 0 Å². The van der Waals surface area contributed by atoms with Gasteiger partial charge in [0.15, 0.2) is 0 Å². The fraction of sp³-hybridized carbons (Fsp3) is 0.333. The molecule has 218 valence electrons. The van der Waals surface area contributed by atoms with E-state index in [1.807, 2.05) is 0 Å². The third kappa shape index (κ3) is 8.91. The number of hydrogen-bond donors (Lipinski definition) is 3. The smallest absolute Gasteiger partial charge is 0.282 e. The van der Waals surface area contributed by atoms with Crippen LogP contribution in [0.1, 0.15) is 55.2 Å². The summed E-state index contributed by atoms with van der Waals surface area (Å²) in [7, 11) is -13.5. The molecule has 0 spiro atoms. The van der Waals surface area contributed by atoms with Gasteiger partial charge in [0.25, 0.3) is 30.4 Å². The minimum absolute atomic E-state index is 0.0739. The first-order chi connectivity index (χ1) is 18.4. The summed E-state index contributed by atoms with van der Waals surface area (Å²) in [6, 6.07) is 18.4. The largest absolute Gasteiger partial charge is 0.294 e. The molecule has 0 aliphatic heterocycles. The lowest BCUT2D eigenvalue weighted by molar-refractivity contribution is 0.481. The normalized spacial score (nSPS) is 15.8. The van der Waals surface area contributed by atoms with Gasteiger partial charge in [0, 0.05) is 0 Å². The van der Waals surface area contributed by atoms with E-state index >= 15 is 0 Å². The zero-order valence-corrected chi connectivity index (χ0v) is 25.6. The SMILES string of the molecule is CC(CP(CC(C)c1ccc(S(=O)(=O)O)cc1)CC(C)c1ccc(S(=O)(=O)O)cc1)c1ccc(S(=O)(=O)O)cc1. The first-order valence-electron chi connectivity index (χ1n) is 12.4. The molecule has 0 radical (unpaired) electrons. The molecule has 0 bridgehead atoms. The lowest BCUT2D eigenvalue weighted by atomic mass is 10.0. The highest BCUT2D eigenvalue weighted by molar-refractivity contribution is 7.86. The van der Waals surface area contributed by atoms with Crippen molar-refractivity contribution < 1.29 is 38.9 Å². The average molecular weight is 629 g/mol. The van der Waals surface area contributed by atoms with E-state index in [0.717, 1.165) is 35.2 Å². The standard InChI is InChI=1S/C27H33O9PS3/c1-19(22-4-10-25(11-5-22)38(28,29)30)16-37(17-20(2)23-6-12-26(13-7-23)39(31,32)33)18-21(3)24-8-14-27(15-9-24)40(34,35)36/h4-15,19-21H,16-18H2,1-3H3,(H,28,29,30)(H,31,32,33)(H,34,35,36). The Kier molecular flexibility index (Phi) is 10.3. The van der Waals surface area contributed by atoms with Crippen molar-refractivity contribution in [1.29, 1.82) is 0 Å². The summed E-state index contributed by atoms with van der Waals surface area (Å²) in [5.41, 5.74) is 2.78. The molecule has 3 aromatic carbocycles. The maximum absolute atomic E-state index is 11.4. The van der Waals surface area contributed by atoms with Crippen LogP contribution in [0.25, 0.3) is 0 Å². The molecule has 0 saturated carbocycles. The molecule has 0 aliphatic rings. The van der Waals surface area contributed by atoms with Crippen molar-refractivity contribution in [3.05, 3.63) is 89.5 Å². The minimum Gasteiger partial charge on any atom is -0.282 e. The molecular formula is C27H33O9PS3. The third-order valence-electron chi connectivity index (χ3n) is 6.84. The molecule has 0 aliphatic carbocycles. The Labute approximate surface area is 237 Å². The molecule has 0 fully saturated rings. The van der Waals surface area contributed by atoms with Crippen molar-refractivity contribution in [3.63, 3.8) is 0 Å². The molecule has 0 amide bonds. The van der Waals surface area contributed by atoms with Gasteiger partial charge in [0.2, 0.25) is 0 Å². The summed E-state index contributed by atoms with van der Waals surface area (Å²) in [4.78, 5) is -0.515. The molecule has 3 unspecified atom stereocenters. The zero-order valence-electron chi connectivity index (χ0n) is 22.2. The van der Waals surface area contributed by atoms with Crippen molar-refractivity contribution in [2.24, 2.45) is 0 Å². The monoisotopic (exact) mass is 628 g/mol. The van der Waals surface area contributed by atoms with Crippen molar-refractivity contribution in [2.75, 3.05) is 18.5 Å². The fourth-order valence-corrected chi connectivity index (χ4v) is 9.45. The molecule has 0 aromatic heterocycles. The second-order valence-corrected chi connectivity index (χ2v) is 16.8. The fourth-order valence-electron chi connectivity index (χ4n) is 4.61. The summed E-state index contributed by atoms with van der Waals surface area (Å²) < 4.78 is 96.4. The van der Waals surface area contributed by atoms with Crippen LogP contribution in [0.3, 0.4) is 0 Å². The predicted molar refractivity (Wildman–Crippen MR) is 156 cm³/mol. The second-order valence-electron chi connectivity index (χ2n) is 10.1.